The standard InChI is InChI=1S/C12H15N3O2/c1-3-15(8-10-5-4-6-17-10)12(16)11-7-13-14-9(11)2/h4-7H,3,8H2,1-2H3,(H,13,14). The Morgan fingerprint density at radius 1 is 1.59 bits per heavy atom. The van der Waals surface area contributed by atoms with Crippen molar-refractivity contribution in [3.63, 3.8) is 0 Å². The minimum Gasteiger partial charge on any atom is -0.467 e. The number of carbonyl (C=O) groups excluding carboxylic acids is 1. The van der Waals surface area contributed by atoms with Gasteiger partial charge in [0.05, 0.1) is 24.6 Å². The first-order valence-electron chi connectivity index (χ1n) is 5.54. The molecule has 0 saturated carbocycles. The van der Waals surface area contributed by atoms with Crippen LogP contribution in [-0.4, -0.2) is 27.5 Å². The molecule has 2 heterocycles. The Labute approximate surface area is 99.4 Å². The molecule has 0 unspecified atom stereocenters. The Morgan fingerprint density at radius 2 is 2.41 bits per heavy atom. The third-order valence-electron chi connectivity index (χ3n) is 2.66. The quantitative estimate of drug-likeness (QED) is 0.878. The third-order valence-corrected chi connectivity index (χ3v) is 2.66. The second-order valence-corrected chi connectivity index (χ2v) is 3.81. The number of H-pyrrole nitrogens is 1. The zero-order chi connectivity index (χ0) is 12.3. The fraction of sp³-hybridized carbons (Fsp3) is 0.333. The van der Waals surface area contributed by atoms with Crippen LogP contribution in [0.15, 0.2) is 29.0 Å². The molecule has 0 fully saturated rings. The number of nitrogens with one attached hydrogen (secondary N) is 1. The van der Waals surface area contributed by atoms with E-state index in [0.717, 1.165) is 11.5 Å². The first kappa shape index (κ1) is 11.4. The van der Waals surface area contributed by atoms with Crippen LogP contribution in [0.2, 0.25) is 0 Å². The zero-order valence-electron chi connectivity index (χ0n) is 9.93. The maximum absolute atomic E-state index is 12.2. The zero-order valence-corrected chi connectivity index (χ0v) is 9.93. The summed E-state index contributed by atoms with van der Waals surface area (Å²) in [6.07, 6.45) is 3.17. The van der Waals surface area contributed by atoms with Crippen molar-refractivity contribution >= 4 is 5.91 Å². The van der Waals surface area contributed by atoms with E-state index < -0.39 is 0 Å². The highest BCUT2D eigenvalue weighted by molar-refractivity contribution is 5.94. The Balaban J connectivity index is 2.14. The van der Waals surface area contributed by atoms with Gasteiger partial charge in [-0.1, -0.05) is 0 Å². The van der Waals surface area contributed by atoms with E-state index >= 15 is 0 Å². The molecule has 5 heteroatoms. The van der Waals surface area contributed by atoms with Gasteiger partial charge in [0, 0.05) is 12.2 Å². The van der Waals surface area contributed by atoms with Gasteiger partial charge in [-0.15, -0.1) is 0 Å². The van der Waals surface area contributed by atoms with E-state index in [0.29, 0.717) is 18.7 Å². The molecular formula is C12H15N3O2. The molecule has 90 valence electrons. The van der Waals surface area contributed by atoms with Crippen LogP contribution < -0.4 is 0 Å². The van der Waals surface area contributed by atoms with E-state index in [1.165, 1.54) is 0 Å². The number of carbonyl (C=O) groups is 1. The summed E-state index contributed by atoms with van der Waals surface area (Å²) in [4.78, 5) is 13.9. The number of aryl methyl sites for hydroxylation is 1. The van der Waals surface area contributed by atoms with Gasteiger partial charge in [0.2, 0.25) is 0 Å². The Kier molecular flexibility index (Phi) is 3.27. The van der Waals surface area contributed by atoms with Gasteiger partial charge in [0.1, 0.15) is 5.76 Å². The Hall–Kier alpha value is -2.04. The maximum Gasteiger partial charge on any atom is 0.257 e. The summed E-state index contributed by atoms with van der Waals surface area (Å²) in [5.41, 5.74) is 1.39. The van der Waals surface area contributed by atoms with E-state index in [4.69, 9.17) is 4.42 Å². The fourth-order valence-corrected chi connectivity index (χ4v) is 1.65. The average molecular weight is 233 g/mol. The Bertz CT molecular complexity index is 488. The van der Waals surface area contributed by atoms with E-state index in [-0.39, 0.29) is 5.91 Å². The lowest BCUT2D eigenvalue weighted by Crippen LogP contribution is -2.30. The topological polar surface area (TPSA) is 62.1 Å². The summed E-state index contributed by atoms with van der Waals surface area (Å²) < 4.78 is 5.25. The molecule has 2 aromatic rings. The van der Waals surface area contributed by atoms with Gasteiger partial charge in [-0.3, -0.25) is 9.89 Å². The first-order valence-corrected chi connectivity index (χ1v) is 5.54. The van der Waals surface area contributed by atoms with Crippen LogP contribution in [0.3, 0.4) is 0 Å². The van der Waals surface area contributed by atoms with Gasteiger partial charge in [-0.25, -0.2) is 0 Å². The van der Waals surface area contributed by atoms with Crippen molar-refractivity contribution in [2.24, 2.45) is 0 Å². The van der Waals surface area contributed by atoms with Gasteiger partial charge in [0.25, 0.3) is 5.91 Å². The summed E-state index contributed by atoms with van der Waals surface area (Å²) in [6, 6.07) is 3.68. The van der Waals surface area contributed by atoms with Crippen LogP contribution in [-0.2, 0) is 6.54 Å². The van der Waals surface area contributed by atoms with E-state index in [9.17, 15) is 4.79 Å². The molecule has 2 aromatic heterocycles. The second kappa shape index (κ2) is 4.86. The van der Waals surface area contributed by atoms with Crippen LogP contribution >= 0.6 is 0 Å². The molecule has 17 heavy (non-hydrogen) atoms. The molecule has 0 aliphatic carbocycles. The molecule has 1 N–H and O–H groups in total. The van der Waals surface area contributed by atoms with E-state index in [1.807, 2.05) is 26.0 Å². The highest BCUT2D eigenvalue weighted by Crippen LogP contribution is 2.11. The summed E-state index contributed by atoms with van der Waals surface area (Å²) in [7, 11) is 0. The number of hydrogen-bond donors (Lipinski definition) is 1. The van der Waals surface area contributed by atoms with Gasteiger partial charge >= 0.3 is 0 Å². The lowest BCUT2D eigenvalue weighted by molar-refractivity contribution is 0.0740. The molecule has 0 radical (unpaired) electrons. The lowest BCUT2D eigenvalue weighted by atomic mass is 10.2. The molecule has 0 bridgehead atoms. The van der Waals surface area contributed by atoms with Crippen molar-refractivity contribution < 1.29 is 9.21 Å². The molecule has 0 aliphatic heterocycles. The SMILES string of the molecule is CCN(Cc1ccco1)C(=O)c1cn[nH]c1C. The highest BCUT2D eigenvalue weighted by atomic mass is 16.3. The van der Waals surface area contributed by atoms with Gasteiger partial charge < -0.3 is 9.32 Å². The Morgan fingerprint density at radius 3 is 2.94 bits per heavy atom. The maximum atomic E-state index is 12.2. The monoisotopic (exact) mass is 233 g/mol. The van der Waals surface area contributed by atoms with Gasteiger partial charge in [-0.05, 0) is 26.0 Å². The van der Waals surface area contributed by atoms with Crippen LogP contribution in [0.1, 0.15) is 28.7 Å². The number of nitrogens with zero attached hydrogens (tertiary/aromatic N) is 2. The van der Waals surface area contributed by atoms with Crippen molar-refractivity contribution in [1.82, 2.24) is 15.1 Å². The largest absolute Gasteiger partial charge is 0.467 e. The fourth-order valence-electron chi connectivity index (χ4n) is 1.65. The molecule has 0 aromatic carbocycles. The van der Waals surface area contributed by atoms with Crippen molar-refractivity contribution in [1.29, 1.82) is 0 Å². The number of amides is 1. The predicted octanol–water partition coefficient (Wildman–Crippen LogP) is 1.97. The first-order chi connectivity index (χ1) is 8.22. The summed E-state index contributed by atoms with van der Waals surface area (Å²) in [6.45, 7) is 4.88. The number of hydrogen-bond acceptors (Lipinski definition) is 3. The molecule has 1 amide bonds. The smallest absolute Gasteiger partial charge is 0.257 e. The molecule has 0 aliphatic rings. The van der Waals surface area contributed by atoms with Gasteiger partial charge in [-0.2, -0.15) is 5.10 Å². The minimum atomic E-state index is -0.0323. The molecular weight excluding hydrogens is 218 g/mol. The normalized spacial score (nSPS) is 10.5. The number of furan rings is 1. The lowest BCUT2D eigenvalue weighted by Gasteiger charge is -2.19. The van der Waals surface area contributed by atoms with Crippen LogP contribution in [0.4, 0.5) is 0 Å². The summed E-state index contributed by atoms with van der Waals surface area (Å²) >= 11 is 0. The molecule has 0 atom stereocenters. The second-order valence-electron chi connectivity index (χ2n) is 3.81. The van der Waals surface area contributed by atoms with Crippen molar-refractivity contribution in [2.75, 3.05) is 6.54 Å². The van der Waals surface area contributed by atoms with Crippen molar-refractivity contribution in [2.45, 2.75) is 20.4 Å². The molecule has 2 rings (SSSR count). The molecule has 0 spiro atoms. The molecule has 5 nitrogen and oxygen atoms in total. The van der Waals surface area contributed by atoms with Crippen LogP contribution in [0.25, 0.3) is 0 Å². The van der Waals surface area contributed by atoms with Crippen molar-refractivity contribution in [3.05, 3.63) is 41.6 Å². The summed E-state index contributed by atoms with van der Waals surface area (Å²) in [5, 5.41) is 6.63. The van der Waals surface area contributed by atoms with Crippen molar-refractivity contribution in [3.8, 4) is 0 Å². The third kappa shape index (κ3) is 2.38. The van der Waals surface area contributed by atoms with E-state index in [1.54, 1.807) is 17.4 Å². The van der Waals surface area contributed by atoms with Crippen LogP contribution in [0, 0.1) is 6.92 Å². The predicted molar refractivity (Wildman–Crippen MR) is 62.4 cm³/mol. The molecule has 0 saturated heterocycles. The van der Waals surface area contributed by atoms with Crippen LogP contribution in [0.5, 0.6) is 0 Å². The summed E-state index contributed by atoms with van der Waals surface area (Å²) in [5.74, 6) is 0.747. The highest BCUT2D eigenvalue weighted by Gasteiger charge is 2.18. The van der Waals surface area contributed by atoms with Gasteiger partial charge in [0.15, 0.2) is 0 Å². The number of rotatable bonds is 4. The number of aromatic amines is 1. The number of aromatic nitrogens is 2. The van der Waals surface area contributed by atoms with E-state index in [2.05, 4.69) is 10.2 Å². The average Bonchev–Trinajstić information content (AvgIpc) is 2.96. The minimum absolute atomic E-state index is 0.0323.